The average molecular weight is 205 g/mol. The fourth-order valence-electron chi connectivity index (χ4n) is 1.39. The molecule has 0 aliphatic rings. The SMILES string of the molecule is C=Cc1ccccc1C[C@@H](N)C(=O)OC. The van der Waals surface area contributed by atoms with E-state index in [1.807, 2.05) is 24.3 Å². The Bertz CT molecular complexity index is 360. The van der Waals surface area contributed by atoms with Crippen molar-refractivity contribution in [3.05, 3.63) is 42.0 Å². The number of ether oxygens (including phenoxy) is 1. The van der Waals surface area contributed by atoms with E-state index in [0.29, 0.717) is 6.42 Å². The predicted octanol–water partition coefficient (Wildman–Crippen LogP) is 1.37. The molecule has 3 heteroatoms. The highest BCUT2D eigenvalue weighted by atomic mass is 16.5. The van der Waals surface area contributed by atoms with Crippen LogP contribution in [0.2, 0.25) is 0 Å². The summed E-state index contributed by atoms with van der Waals surface area (Å²) in [6, 6.07) is 7.08. The molecular weight excluding hydrogens is 190 g/mol. The first-order valence-electron chi connectivity index (χ1n) is 4.72. The minimum atomic E-state index is -0.615. The molecule has 0 spiro atoms. The third kappa shape index (κ3) is 2.92. The topological polar surface area (TPSA) is 52.3 Å². The van der Waals surface area contributed by atoms with Gasteiger partial charge in [0, 0.05) is 0 Å². The zero-order chi connectivity index (χ0) is 11.3. The van der Waals surface area contributed by atoms with Gasteiger partial charge in [0.1, 0.15) is 6.04 Å². The molecule has 3 nitrogen and oxygen atoms in total. The van der Waals surface area contributed by atoms with Gasteiger partial charge < -0.3 is 10.5 Å². The molecular formula is C12H15NO2. The second-order valence-electron chi connectivity index (χ2n) is 3.24. The highest BCUT2D eigenvalue weighted by molar-refractivity contribution is 5.76. The number of rotatable bonds is 4. The van der Waals surface area contributed by atoms with Crippen LogP contribution in [0.15, 0.2) is 30.8 Å². The summed E-state index contributed by atoms with van der Waals surface area (Å²) in [6.07, 6.45) is 2.22. The minimum absolute atomic E-state index is 0.395. The van der Waals surface area contributed by atoms with Crippen LogP contribution >= 0.6 is 0 Å². The molecule has 0 saturated carbocycles. The van der Waals surface area contributed by atoms with Gasteiger partial charge >= 0.3 is 5.97 Å². The van der Waals surface area contributed by atoms with Gasteiger partial charge in [0.05, 0.1) is 7.11 Å². The van der Waals surface area contributed by atoms with Crippen LogP contribution < -0.4 is 5.73 Å². The van der Waals surface area contributed by atoms with E-state index < -0.39 is 12.0 Å². The highest BCUT2D eigenvalue weighted by Crippen LogP contribution is 2.12. The first-order chi connectivity index (χ1) is 7.19. The normalized spacial score (nSPS) is 11.9. The minimum Gasteiger partial charge on any atom is -0.468 e. The maximum atomic E-state index is 11.1. The first kappa shape index (κ1) is 11.5. The van der Waals surface area contributed by atoms with Crippen molar-refractivity contribution in [3.8, 4) is 0 Å². The summed E-state index contributed by atoms with van der Waals surface area (Å²) in [4.78, 5) is 11.1. The van der Waals surface area contributed by atoms with Crippen LogP contribution in [0.5, 0.6) is 0 Å². The lowest BCUT2D eigenvalue weighted by molar-refractivity contribution is -0.142. The van der Waals surface area contributed by atoms with Gasteiger partial charge in [-0.05, 0) is 17.5 Å². The van der Waals surface area contributed by atoms with E-state index in [1.165, 1.54) is 7.11 Å². The summed E-state index contributed by atoms with van der Waals surface area (Å²) < 4.78 is 4.57. The Morgan fingerprint density at radius 2 is 2.27 bits per heavy atom. The molecule has 0 saturated heterocycles. The molecule has 0 radical (unpaired) electrons. The van der Waals surface area contributed by atoms with Crippen LogP contribution in [0.25, 0.3) is 6.08 Å². The van der Waals surface area contributed by atoms with E-state index in [1.54, 1.807) is 6.08 Å². The third-order valence-electron chi connectivity index (χ3n) is 2.22. The summed E-state index contributed by atoms with van der Waals surface area (Å²) in [7, 11) is 1.33. The summed E-state index contributed by atoms with van der Waals surface area (Å²) in [5.74, 6) is -0.395. The largest absolute Gasteiger partial charge is 0.468 e. The van der Waals surface area contributed by atoms with E-state index in [2.05, 4.69) is 11.3 Å². The molecule has 15 heavy (non-hydrogen) atoms. The summed E-state index contributed by atoms with van der Waals surface area (Å²) in [5.41, 5.74) is 7.68. The van der Waals surface area contributed by atoms with Crippen molar-refractivity contribution in [3.63, 3.8) is 0 Å². The Morgan fingerprint density at radius 1 is 1.60 bits per heavy atom. The van der Waals surface area contributed by atoms with Crippen molar-refractivity contribution in [2.75, 3.05) is 7.11 Å². The number of methoxy groups -OCH3 is 1. The molecule has 1 aromatic carbocycles. The Labute approximate surface area is 89.5 Å². The fourth-order valence-corrected chi connectivity index (χ4v) is 1.39. The van der Waals surface area contributed by atoms with E-state index in [9.17, 15) is 4.79 Å². The molecule has 0 amide bonds. The lowest BCUT2D eigenvalue weighted by atomic mass is 10.0. The van der Waals surface area contributed by atoms with Crippen LogP contribution in [-0.2, 0) is 16.0 Å². The van der Waals surface area contributed by atoms with Gasteiger partial charge in [-0.1, -0.05) is 36.9 Å². The van der Waals surface area contributed by atoms with E-state index in [0.717, 1.165) is 11.1 Å². The second-order valence-corrected chi connectivity index (χ2v) is 3.24. The van der Waals surface area contributed by atoms with Gasteiger partial charge in [-0.3, -0.25) is 4.79 Å². The molecule has 0 fully saturated rings. The van der Waals surface area contributed by atoms with E-state index in [-0.39, 0.29) is 0 Å². The van der Waals surface area contributed by atoms with Gasteiger partial charge in [-0.25, -0.2) is 0 Å². The molecule has 0 aromatic heterocycles. The third-order valence-corrected chi connectivity index (χ3v) is 2.22. The molecule has 0 bridgehead atoms. The number of benzene rings is 1. The summed E-state index contributed by atoms with van der Waals surface area (Å²) in [5, 5.41) is 0. The smallest absolute Gasteiger partial charge is 0.322 e. The Kier molecular flexibility index (Phi) is 4.06. The Balaban J connectivity index is 2.80. The van der Waals surface area contributed by atoms with Crippen LogP contribution in [0.1, 0.15) is 11.1 Å². The number of nitrogens with two attached hydrogens (primary N) is 1. The molecule has 1 aromatic rings. The first-order valence-corrected chi connectivity index (χ1v) is 4.72. The monoisotopic (exact) mass is 205 g/mol. The van der Waals surface area contributed by atoms with Crippen molar-refractivity contribution >= 4 is 12.0 Å². The predicted molar refractivity (Wildman–Crippen MR) is 60.2 cm³/mol. The lowest BCUT2D eigenvalue weighted by Crippen LogP contribution is -2.33. The molecule has 0 aliphatic carbocycles. The maximum absolute atomic E-state index is 11.1. The van der Waals surface area contributed by atoms with Gasteiger partial charge in [0.2, 0.25) is 0 Å². The van der Waals surface area contributed by atoms with Crippen molar-refractivity contribution in [2.45, 2.75) is 12.5 Å². The van der Waals surface area contributed by atoms with Crippen LogP contribution in [-0.4, -0.2) is 19.1 Å². The molecule has 2 N–H and O–H groups in total. The van der Waals surface area contributed by atoms with Crippen molar-refractivity contribution in [1.29, 1.82) is 0 Å². The average Bonchev–Trinajstić information content (AvgIpc) is 2.28. The maximum Gasteiger partial charge on any atom is 0.322 e. The number of carbonyl (C=O) groups is 1. The Hall–Kier alpha value is -1.61. The number of hydrogen-bond acceptors (Lipinski definition) is 3. The van der Waals surface area contributed by atoms with E-state index >= 15 is 0 Å². The van der Waals surface area contributed by atoms with Crippen molar-refractivity contribution in [2.24, 2.45) is 5.73 Å². The standard InChI is InChI=1S/C12H15NO2/c1-3-9-6-4-5-7-10(9)8-11(13)12(14)15-2/h3-7,11H,1,8,13H2,2H3/t11-/m1/s1. The molecule has 0 unspecified atom stereocenters. The quantitative estimate of drug-likeness (QED) is 0.755. The molecule has 80 valence electrons. The zero-order valence-corrected chi connectivity index (χ0v) is 8.77. The number of carbonyl (C=O) groups excluding carboxylic acids is 1. The van der Waals surface area contributed by atoms with Crippen molar-refractivity contribution in [1.82, 2.24) is 0 Å². The summed E-state index contributed by atoms with van der Waals surface area (Å²) in [6.45, 7) is 3.71. The van der Waals surface area contributed by atoms with Gasteiger partial charge in [-0.15, -0.1) is 0 Å². The number of esters is 1. The molecule has 0 aliphatic heterocycles. The molecule has 1 rings (SSSR count). The lowest BCUT2D eigenvalue weighted by Gasteiger charge is -2.11. The van der Waals surface area contributed by atoms with Crippen LogP contribution in [0.4, 0.5) is 0 Å². The van der Waals surface area contributed by atoms with E-state index in [4.69, 9.17) is 5.73 Å². The molecule has 1 atom stereocenters. The Morgan fingerprint density at radius 3 is 2.87 bits per heavy atom. The second kappa shape index (κ2) is 5.32. The van der Waals surface area contributed by atoms with Gasteiger partial charge in [0.25, 0.3) is 0 Å². The van der Waals surface area contributed by atoms with Crippen LogP contribution in [0.3, 0.4) is 0 Å². The summed E-state index contributed by atoms with van der Waals surface area (Å²) >= 11 is 0. The highest BCUT2D eigenvalue weighted by Gasteiger charge is 2.14. The van der Waals surface area contributed by atoms with Gasteiger partial charge in [0.15, 0.2) is 0 Å². The fraction of sp³-hybridized carbons (Fsp3) is 0.250. The van der Waals surface area contributed by atoms with Crippen LogP contribution in [0, 0.1) is 0 Å². The van der Waals surface area contributed by atoms with Gasteiger partial charge in [-0.2, -0.15) is 0 Å². The zero-order valence-electron chi connectivity index (χ0n) is 8.77. The number of hydrogen-bond donors (Lipinski definition) is 1. The van der Waals surface area contributed by atoms with Crippen molar-refractivity contribution < 1.29 is 9.53 Å². The molecule has 0 heterocycles.